The summed E-state index contributed by atoms with van der Waals surface area (Å²) < 4.78 is 28.1. The van der Waals surface area contributed by atoms with Gasteiger partial charge >= 0.3 is 0 Å². The summed E-state index contributed by atoms with van der Waals surface area (Å²) in [6, 6.07) is 11.6. The Morgan fingerprint density at radius 1 is 1.06 bits per heavy atom. The molecule has 0 saturated heterocycles. The fourth-order valence-electron chi connectivity index (χ4n) is 3.78. The van der Waals surface area contributed by atoms with E-state index in [0.717, 1.165) is 31.2 Å². The van der Waals surface area contributed by atoms with Crippen LogP contribution in [0.5, 0.6) is 0 Å². The Kier molecular flexibility index (Phi) is 7.92. The van der Waals surface area contributed by atoms with Gasteiger partial charge in [0.05, 0.1) is 10.6 Å². The Morgan fingerprint density at radius 2 is 1.85 bits per heavy atom. The summed E-state index contributed by atoms with van der Waals surface area (Å²) in [4.78, 5) is 28.5. The molecule has 8 heteroatoms. The van der Waals surface area contributed by atoms with E-state index in [0.29, 0.717) is 17.7 Å². The minimum atomic E-state index is -3.91. The van der Waals surface area contributed by atoms with Crippen LogP contribution in [0, 0.1) is 6.92 Å². The van der Waals surface area contributed by atoms with E-state index in [1.54, 1.807) is 31.2 Å². The third-order valence-corrected chi connectivity index (χ3v) is 7.48. The second-order valence-corrected chi connectivity index (χ2v) is 9.93. The molecule has 7 nitrogen and oxygen atoms in total. The fraction of sp³-hybridized carbons (Fsp3) is 0.360. The zero-order valence-electron chi connectivity index (χ0n) is 19.3. The molecule has 0 spiro atoms. The predicted molar refractivity (Wildman–Crippen MR) is 132 cm³/mol. The van der Waals surface area contributed by atoms with E-state index in [4.69, 9.17) is 0 Å². The molecule has 1 amide bonds. The quantitative estimate of drug-likeness (QED) is 0.431. The van der Waals surface area contributed by atoms with Gasteiger partial charge in [-0.25, -0.2) is 8.42 Å². The molecule has 0 atom stereocenters. The van der Waals surface area contributed by atoms with E-state index in [-0.39, 0.29) is 22.4 Å². The summed E-state index contributed by atoms with van der Waals surface area (Å²) >= 11 is 0. The summed E-state index contributed by atoms with van der Waals surface area (Å²) in [5.74, 6) is -0.460. The Hall–Kier alpha value is -3.13. The van der Waals surface area contributed by atoms with Crippen molar-refractivity contribution in [2.75, 3.05) is 17.4 Å². The van der Waals surface area contributed by atoms with Gasteiger partial charge in [0.25, 0.3) is 15.9 Å². The van der Waals surface area contributed by atoms with Crippen LogP contribution in [0.25, 0.3) is 10.9 Å². The molecule has 0 radical (unpaired) electrons. The standard InChI is InChI=1S/C25H31N3O4S/c1-4-6-7-8-14-26-25(30)22-17-27-23-13-12-20(16-21(23)24(22)29)33(31,32)28(5-2)19-11-9-10-18(3)15-19/h9-13,15-17H,4-8,14H2,1-3H3,(H,26,30)(H,27,29). The minimum Gasteiger partial charge on any atom is -0.360 e. The minimum absolute atomic E-state index is 0.000907. The third kappa shape index (κ3) is 5.45. The summed E-state index contributed by atoms with van der Waals surface area (Å²) in [7, 11) is -3.91. The highest BCUT2D eigenvalue weighted by molar-refractivity contribution is 7.92. The van der Waals surface area contributed by atoms with Gasteiger partial charge in [0.15, 0.2) is 0 Å². The second kappa shape index (κ2) is 10.7. The molecule has 33 heavy (non-hydrogen) atoms. The first-order valence-electron chi connectivity index (χ1n) is 11.3. The summed E-state index contributed by atoms with van der Waals surface area (Å²) in [6.07, 6.45) is 5.44. The molecule has 3 rings (SSSR count). The average molecular weight is 470 g/mol. The summed E-state index contributed by atoms with van der Waals surface area (Å²) in [5.41, 5.74) is 1.45. The molecule has 176 valence electrons. The van der Waals surface area contributed by atoms with E-state index in [9.17, 15) is 18.0 Å². The lowest BCUT2D eigenvalue weighted by atomic mass is 10.1. The number of carbonyl (C=O) groups is 1. The highest BCUT2D eigenvalue weighted by Gasteiger charge is 2.25. The number of aromatic nitrogens is 1. The molecule has 0 aliphatic heterocycles. The normalized spacial score (nSPS) is 11.5. The van der Waals surface area contributed by atoms with Gasteiger partial charge in [0.2, 0.25) is 5.43 Å². The number of sulfonamides is 1. The number of rotatable bonds is 10. The number of unbranched alkanes of at least 4 members (excludes halogenated alkanes) is 3. The Morgan fingerprint density at radius 3 is 2.55 bits per heavy atom. The van der Waals surface area contributed by atoms with E-state index in [1.807, 2.05) is 13.0 Å². The topological polar surface area (TPSA) is 99.3 Å². The van der Waals surface area contributed by atoms with Gasteiger partial charge in [0, 0.05) is 30.2 Å². The van der Waals surface area contributed by atoms with E-state index in [2.05, 4.69) is 17.2 Å². The Bertz CT molecular complexity index is 1300. The number of benzene rings is 2. The Labute approximate surface area is 194 Å². The van der Waals surface area contributed by atoms with Crippen molar-refractivity contribution in [1.82, 2.24) is 10.3 Å². The molecule has 0 aliphatic rings. The number of amides is 1. The van der Waals surface area contributed by atoms with Crippen LogP contribution < -0.4 is 15.1 Å². The van der Waals surface area contributed by atoms with Crippen LogP contribution in [0.4, 0.5) is 5.69 Å². The van der Waals surface area contributed by atoms with Gasteiger partial charge in [-0.15, -0.1) is 0 Å². The number of hydrogen-bond donors (Lipinski definition) is 2. The van der Waals surface area contributed by atoms with Crippen LogP contribution in [0.3, 0.4) is 0 Å². The SMILES string of the molecule is CCCCCCNC(=O)c1c[nH]c2ccc(S(=O)(=O)N(CC)c3cccc(C)c3)cc2c1=O. The average Bonchev–Trinajstić information content (AvgIpc) is 2.79. The fourth-order valence-corrected chi connectivity index (χ4v) is 5.27. The van der Waals surface area contributed by atoms with Crippen LogP contribution >= 0.6 is 0 Å². The maximum Gasteiger partial charge on any atom is 0.264 e. The highest BCUT2D eigenvalue weighted by Crippen LogP contribution is 2.25. The number of aromatic amines is 1. The molecule has 0 aliphatic carbocycles. The maximum absolute atomic E-state index is 13.4. The molecule has 0 bridgehead atoms. The van der Waals surface area contributed by atoms with Gasteiger partial charge < -0.3 is 10.3 Å². The molecule has 0 saturated carbocycles. The van der Waals surface area contributed by atoms with Gasteiger partial charge in [-0.05, 0) is 56.2 Å². The zero-order valence-corrected chi connectivity index (χ0v) is 20.2. The number of nitrogens with one attached hydrogen (secondary N) is 2. The number of H-pyrrole nitrogens is 1. The summed E-state index contributed by atoms with van der Waals surface area (Å²) in [5, 5.41) is 2.94. The first-order chi connectivity index (χ1) is 15.8. The molecule has 3 aromatic rings. The predicted octanol–water partition coefficient (Wildman–Crippen LogP) is 4.36. The number of carbonyl (C=O) groups excluding carboxylic acids is 1. The molecular formula is C25H31N3O4S. The van der Waals surface area contributed by atoms with Gasteiger partial charge in [0.1, 0.15) is 5.56 Å². The number of nitrogens with zero attached hydrogens (tertiary/aromatic N) is 1. The monoisotopic (exact) mass is 469 g/mol. The molecule has 0 unspecified atom stereocenters. The third-order valence-electron chi connectivity index (χ3n) is 5.58. The van der Waals surface area contributed by atoms with Crippen LogP contribution in [-0.2, 0) is 10.0 Å². The molecule has 1 aromatic heterocycles. The molecule has 1 heterocycles. The van der Waals surface area contributed by atoms with Crippen LogP contribution in [0.15, 0.2) is 58.4 Å². The van der Waals surface area contributed by atoms with E-state index < -0.39 is 21.4 Å². The van der Waals surface area contributed by atoms with Crippen molar-refractivity contribution >= 4 is 32.5 Å². The maximum atomic E-state index is 13.4. The first kappa shape index (κ1) is 24.5. The van der Waals surface area contributed by atoms with Crippen molar-refractivity contribution in [2.45, 2.75) is 51.3 Å². The van der Waals surface area contributed by atoms with Crippen molar-refractivity contribution in [1.29, 1.82) is 0 Å². The number of hydrogen-bond acceptors (Lipinski definition) is 4. The number of anilines is 1. The largest absolute Gasteiger partial charge is 0.360 e. The van der Waals surface area contributed by atoms with Crippen molar-refractivity contribution in [3.05, 3.63) is 70.0 Å². The molecule has 0 fully saturated rings. The van der Waals surface area contributed by atoms with Crippen LogP contribution in [0.1, 0.15) is 55.5 Å². The summed E-state index contributed by atoms with van der Waals surface area (Å²) in [6.45, 7) is 6.50. The van der Waals surface area contributed by atoms with Crippen LogP contribution in [-0.4, -0.2) is 32.4 Å². The highest BCUT2D eigenvalue weighted by atomic mass is 32.2. The van der Waals surface area contributed by atoms with Crippen molar-refractivity contribution in [2.24, 2.45) is 0 Å². The first-order valence-corrected chi connectivity index (χ1v) is 12.8. The van der Waals surface area contributed by atoms with E-state index >= 15 is 0 Å². The molecular weight excluding hydrogens is 438 g/mol. The van der Waals surface area contributed by atoms with E-state index in [1.165, 1.54) is 22.6 Å². The van der Waals surface area contributed by atoms with Crippen molar-refractivity contribution < 1.29 is 13.2 Å². The number of fused-ring (bicyclic) bond motifs is 1. The lowest BCUT2D eigenvalue weighted by molar-refractivity contribution is 0.0951. The van der Waals surface area contributed by atoms with Gasteiger partial charge in [-0.2, -0.15) is 0 Å². The second-order valence-electron chi connectivity index (χ2n) is 8.06. The smallest absolute Gasteiger partial charge is 0.264 e. The Balaban J connectivity index is 1.94. The number of pyridine rings is 1. The lowest BCUT2D eigenvalue weighted by Gasteiger charge is -2.23. The van der Waals surface area contributed by atoms with Crippen LogP contribution in [0.2, 0.25) is 0 Å². The molecule has 2 N–H and O–H groups in total. The molecule has 2 aromatic carbocycles. The zero-order chi connectivity index (χ0) is 24.0. The van der Waals surface area contributed by atoms with Gasteiger partial charge in [-0.3, -0.25) is 13.9 Å². The van der Waals surface area contributed by atoms with Crippen molar-refractivity contribution in [3.8, 4) is 0 Å². The lowest BCUT2D eigenvalue weighted by Crippen LogP contribution is -2.31. The van der Waals surface area contributed by atoms with Gasteiger partial charge in [-0.1, -0.05) is 38.3 Å². The van der Waals surface area contributed by atoms with Crippen molar-refractivity contribution in [3.63, 3.8) is 0 Å². The number of aryl methyl sites for hydroxylation is 1.